The van der Waals surface area contributed by atoms with Crippen LogP contribution in [0.5, 0.6) is 0 Å². The Hall–Kier alpha value is -3.25. The van der Waals surface area contributed by atoms with Crippen LogP contribution in [0.1, 0.15) is 52.0 Å². The second-order valence-corrected chi connectivity index (χ2v) is 9.04. The Bertz CT molecular complexity index is 1110. The molecular formula is C23H24F3N3O5S. The van der Waals surface area contributed by atoms with Crippen molar-refractivity contribution in [1.82, 2.24) is 16.0 Å². The van der Waals surface area contributed by atoms with Gasteiger partial charge in [0.05, 0.1) is 17.0 Å². The molecule has 1 aliphatic carbocycles. The molecule has 188 valence electrons. The summed E-state index contributed by atoms with van der Waals surface area (Å²) in [5, 5.41) is 7.95. The van der Waals surface area contributed by atoms with Gasteiger partial charge >= 0.3 is 6.18 Å². The minimum atomic E-state index is -4.59. The van der Waals surface area contributed by atoms with Crippen LogP contribution in [-0.2, 0) is 22.1 Å². The molecule has 0 saturated heterocycles. The lowest BCUT2D eigenvalue weighted by Gasteiger charge is -2.33. The molecule has 0 heterocycles. The lowest BCUT2D eigenvalue weighted by Crippen LogP contribution is -2.54. The van der Waals surface area contributed by atoms with Gasteiger partial charge in [-0.3, -0.25) is 14.4 Å². The fourth-order valence-electron chi connectivity index (χ4n) is 3.81. The molecule has 1 aliphatic rings. The summed E-state index contributed by atoms with van der Waals surface area (Å²) in [5.74, 6) is -1.75. The summed E-state index contributed by atoms with van der Waals surface area (Å²) in [7, 11) is 0. The molecule has 2 aromatic rings. The summed E-state index contributed by atoms with van der Waals surface area (Å²) in [6, 6.07) is 8.74. The molecule has 0 spiro atoms. The van der Waals surface area contributed by atoms with Crippen LogP contribution in [0.3, 0.4) is 0 Å². The van der Waals surface area contributed by atoms with Crippen LogP contribution in [0.2, 0.25) is 0 Å². The van der Waals surface area contributed by atoms with Crippen LogP contribution in [0.4, 0.5) is 13.2 Å². The maximum absolute atomic E-state index is 12.8. The maximum atomic E-state index is 12.8. The van der Waals surface area contributed by atoms with Crippen LogP contribution >= 0.6 is 0 Å². The highest BCUT2D eigenvalue weighted by Crippen LogP contribution is 2.29. The summed E-state index contributed by atoms with van der Waals surface area (Å²) in [5.41, 5.74) is -0.885. The molecule has 0 aliphatic heterocycles. The van der Waals surface area contributed by atoms with E-state index in [1.807, 2.05) is 0 Å². The van der Waals surface area contributed by atoms with Gasteiger partial charge in [0.2, 0.25) is 5.91 Å². The first-order valence-corrected chi connectivity index (χ1v) is 11.9. The van der Waals surface area contributed by atoms with Crippen molar-refractivity contribution in [2.24, 2.45) is 0 Å². The number of alkyl halides is 3. The molecule has 12 heteroatoms. The first-order valence-electron chi connectivity index (χ1n) is 10.8. The van der Waals surface area contributed by atoms with Crippen molar-refractivity contribution in [2.75, 3.05) is 6.54 Å². The van der Waals surface area contributed by atoms with Gasteiger partial charge in [-0.25, -0.2) is 4.21 Å². The van der Waals surface area contributed by atoms with Crippen LogP contribution in [0, 0.1) is 0 Å². The predicted octanol–water partition coefficient (Wildman–Crippen LogP) is 2.87. The van der Waals surface area contributed by atoms with Gasteiger partial charge in [0.15, 0.2) is 11.1 Å². The van der Waals surface area contributed by atoms with Crippen molar-refractivity contribution in [3.05, 3.63) is 65.2 Å². The summed E-state index contributed by atoms with van der Waals surface area (Å²) >= 11 is -2.15. The van der Waals surface area contributed by atoms with E-state index < -0.39 is 53.1 Å². The highest BCUT2D eigenvalue weighted by atomic mass is 32.2. The molecular weight excluding hydrogens is 487 g/mol. The standard InChI is InChI=1S/C23H24F3N3O5S/c24-23(25,26)16-5-3-4-15(12-16)21(31)27-13-20(30)28-18-6-1-2-7-19(18)29-22(32)14-8-10-17(11-9-14)35(33)34/h3-5,8-12,18-19H,1-2,6-7,13H2,(H,27,31)(H,28,30)(H,29,32)(H,33,34)/t18-,19+/m0/s1. The van der Waals surface area contributed by atoms with Gasteiger partial charge in [-0.2, -0.15) is 13.2 Å². The zero-order chi connectivity index (χ0) is 25.6. The van der Waals surface area contributed by atoms with Gasteiger partial charge in [0, 0.05) is 23.2 Å². The van der Waals surface area contributed by atoms with Crippen LogP contribution in [0.15, 0.2) is 53.4 Å². The fourth-order valence-corrected chi connectivity index (χ4v) is 4.18. The Morgan fingerprint density at radius 1 is 0.914 bits per heavy atom. The SMILES string of the molecule is O=C(CNC(=O)c1cccc(C(F)(F)F)c1)N[C@H]1CCCC[C@H]1NC(=O)c1ccc(S(=O)O)cc1. The van der Waals surface area contributed by atoms with Crippen molar-refractivity contribution in [3.63, 3.8) is 0 Å². The van der Waals surface area contributed by atoms with Crippen molar-refractivity contribution >= 4 is 28.8 Å². The van der Waals surface area contributed by atoms with Crippen LogP contribution < -0.4 is 16.0 Å². The Morgan fingerprint density at radius 3 is 2.14 bits per heavy atom. The number of hydrogen-bond acceptors (Lipinski definition) is 4. The minimum absolute atomic E-state index is 0.163. The summed E-state index contributed by atoms with van der Waals surface area (Å²) in [4.78, 5) is 37.4. The van der Waals surface area contributed by atoms with E-state index in [-0.39, 0.29) is 16.5 Å². The number of benzene rings is 2. The monoisotopic (exact) mass is 511 g/mol. The van der Waals surface area contributed by atoms with E-state index >= 15 is 0 Å². The van der Waals surface area contributed by atoms with E-state index in [4.69, 9.17) is 4.55 Å². The third kappa shape index (κ3) is 7.36. The van der Waals surface area contributed by atoms with E-state index in [0.717, 1.165) is 25.0 Å². The third-order valence-electron chi connectivity index (χ3n) is 5.61. The second kappa shape index (κ2) is 11.5. The molecule has 1 fully saturated rings. The molecule has 4 N–H and O–H groups in total. The molecule has 3 rings (SSSR count). The first-order chi connectivity index (χ1) is 16.5. The fraction of sp³-hybridized carbons (Fsp3) is 0.348. The lowest BCUT2D eigenvalue weighted by atomic mass is 9.90. The topological polar surface area (TPSA) is 125 Å². The Kier molecular flexibility index (Phi) is 8.62. The van der Waals surface area contributed by atoms with Gasteiger partial charge < -0.3 is 20.5 Å². The molecule has 1 unspecified atom stereocenters. The van der Waals surface area contributed by atoms with Crippen LogP contribution in [0.25, 0.3) is 0 Å². The molecule has 2 aromatic carbocycles. The smallest absolute Gasteiger partial charge is 0.350 e. The number of amides is 3. The number of carbonyl (C=O) groups is 3. The van der Waals surface area contributed by atoms with Crippen molar-refractivity contribution in [2.45, 2.75) is 48.8 Å². The summed E-state index contributed by atoms with van der Waals surface area (Å²) in [6.07, 6.45) is -1.71. The van der Waals surface area contributed by atoms with Gasteiger partial charge in [0.25, 0.3) is 11.8 Å². The Labute approximate surface area is 202 Å². The largest absolute Gasteiger partial charge is 0.416 e. The number of carbonyl (C=O) groups excluding carboxylic acids is 3. The molecule has 0 aromatic heterocycles. The average molecular weight is 512 g/mol. The van der Waals surface area contributed by atoms with E-state index in [2.05, 4.69) is 16.0 Å². The normalized spacial score (nSPS) is 18.9. The number of rotatable bonds is 7. The van der Waals surface area contributed by atoms with Gasteiger partial charge in [-0.1, -0.05) is 18.9 Å². The quantitative estimate of drug-likeness (QED) is 0.426. The van der Waals surface area contributed by atoms with Crippen molar-refractivity contribution < 1.29 is 36.3 Å². The van der Waals surface area contributed by atoms with Crippen LogP contribution in [-0.4, -0.2) is 45.1 Å². The molecule has 0 bridgehead atoms. The zero-order valence-electron chi connectivity index (χ0n) is 18.4. The number of halogens is 3. The first kappa shape index (κ1) is 26.4. The second-order valence-electron chi connectivity index (χ2n) is 8.07. The van der Waals surface area contributed by atoms with Gasteiger partial charge in [0.1, 0.15) is 0 Å². The molecule has 35 heavy (non-hydrogen) atoms. The summed E-state index contributed by atoms with van der Waals surface area (Å²) in [6.45, 7) is -0.438. The number of nitrogens with one attached hydrogen (secondary N) is 3. The minimum Gasteiger partial charge on any atom is -0.350 e. The van der Waals surface area contributed by atoms with E-state index in [9.17, 15) is 31.8 Å². The van der Waals surface area contributed by atoms with E-state index in [0.29, 0.717) is 24.5 Å². The zero-order valence-corrected chi connectivity index (χ0v) is 19.2. The Morgan fingerprint density at radius 2 is 1.54 bits per heavy atom. The molecule has 1 saturated carbocycles. The molecule has 0 radical (unpaired) electrons. The third-order valence-corrected chi connectivity index (χ3v) is 6.28. The highest BCUT2D eigenvalue weighted by molar-refractivity contribution is 7.79. The van der Waals surface area contributed by atoms with Crippen molar-refractivity contribution in [1.29, 1.82) is 0 Å². The van der Waals surface area contributed by atoms with E-state index in [1.54, 1.807) is 0 Å². The highest BCUT2D eigenvalue weighted by Gasteiger charge is 2.31. The Balaban J connectivity index is 1.55. The van der Waals surface area contributed by atoms with Gasteiger partial charge in [-0.05, 0) is 55.3 Å². The van der Waals surface area contributed by atoms with Crippen molar-refractivity contribution in [3.8, 4) is 0 Å². The predicted molar refractivity (Wildman–Crippen MR) is 121 cm³/mol. The summed E-state index contributed by atoms with van der Waals surface area (Å²) < 4.78 is 58.7. The lowest BCUT2D eigenvalue weighted by molar-refractivity contribution is -0.137. The molecule has 8 nitrogen and oxygen atoms in total. The number of hydrogen-bond donors (Lipinski definition) is 4. The average Bonchev–Trinajstić information content (AvgIpc) is 2.83. The van der Waals surface area contributed by atoms with Gasteiger partial charge in [-0.15, -0.1) is 0 Å². The maximum Gasteiger partial charge on any atom is 0.416 e. The molecule has 3 atom stereocenters. The van der Waals surface area contributed by atoms with E-state index in [1.165, 1.54) is 30.3 Å². The molecule has 3 amide bonds.